The van der Waals surface area contributed by atoms with E-state index in [0.29, 0.717) is 0 Å². The maximum absolute atomic E-state index is 13.1. The molecule has 0 spiro atoms. The van der Waals surface area contributed by atoms with Gasteiger partial charge in [0.1, 0.15) is 0 Å². The van der Waals surface area contributed by atoms with Gasteiger partial charge >= 0.3 is 144 Å². The van der Waals surface area contributed by atoms with E-state index >= 15 is 0 Å². The SMILES string of the molecule is CCC[CH2][Sn]([CH2]CCC)([CH2]CCC)[c]1cccc(C(F)(F)F)c1. The Kier molecular flexibility index (Phi) is 9.02. The summed E-state index contributed by atoms with van der Waals surface area (Å²) in [5, 5.41) is 0. The molecule has 0 saturated carbocycles. The molecule has 0 radical (unpaired) electrons. The minimum absolute atomic E-state index is 0.458. The first-order chi connectivity index (χ1) is 10.9. The van der Waals surface area contributed by atoms with E-state index in [1.807, 2.05) is 6.07 Å². The molecule has 0 fully saturated rings. The Morgan fingerprint density at radius 1 is 0.826 bits per heavy atom. The molecule has 1 rings (SSSR count). The number of alkyl halides is 3. The van der Waals surface area contributed by atoms with Crippen LogP contribution in [-0.4, -0.2) is 18.4 Å². The summed E-state index contributed by atoms with van der Waals surface area (Å²) in [6, 6.07) is 6.36. The zero-order valence-electron chi connectivity index (χ0n) is 14.8. The maximum atomic E-state index is 13.1. The first-order valence-electron chi connectivity index (χ1n) is 9.07. The van der Waals surface area contributed by atoms with Gasteiger partial charge in [0.2, 0.25) is 0 Å². The van der Waals surface area contributed by atoms with Crippen molar-refractivity contribution in [3.05, 3.63) is 29.8 Å². The third kappa shape index (κ3) is 6.32. The first kappa shape index (κ1) is 20.9. The van der Waals surface area contributed by atoms with E-state index in [2.05, 4.69) is 20.8 Å². The second-order valence-electron chi connectivity index (χ2n) is 6.67. The van der Waals surface area contributed by atoms with Crippen LogP contribution >= 0.6 is 0 Å². The summed E-state index contributed by atoms with van der Waals surface area (Å²) in [6.07, 6.45) is 2.68. The van der Waals surface area contributed by atoms with E-state index in [-0.39, 0.29) is 0 Å². The molecule has 0 heterocycles. The zero-order valence-corrected chi connectivity index (χ0v) is 17.7. The monoisotopic (exact) mass is 436 g/mol. The molecule has 0 aliphatic heterocycles. The van der Waals surface area contributed by atoms with Gasteiger partial charge in [0.05, 0.1) is 0 Å². The van der Waals surface area contributed by atoms with Gasteiger partial charge in [0.25, 0.3) is 0 Å². The summed E-state index contributed by atoms with van der Waals surface area (Å²) in [6.45, 7) is 6.55. The van der Waals surface area contributed by atoms with Gasteiger partial charge in [-0.1, -0.05) is 0 Å². The Morgan fingerprint density at radius 3 is 1.70 bits per heavy atom. The Labute approximate surface area is 143 Å². The average molecular weight is 435 g/mol. The van der Waals surface area contributed by atoms with Crippen LogP contribution in [-0.2, 0) is 6.18 Å². The number of halogens is 3. The molecular weight excluding hydrogens is 404 g/mol. The van der Waals surface area contributed by atoms with Gasteiger partial charge < -0.3 is 0 Å². The summed E-state index contributed by atoms with van der Waals surface area (Å²) in [7, 11) is 0. The fourth-order valence-electron chi connectivity index (χ4n) is 3.38. The van der Waals surface area contributed by atoms with Crippen molar-refractivity contribution in [1.82, 2.24) is 0 Å². The summed E-state index contributed by atoms with van der Waals surface area (Å²) >= 11 is -2.74. The Morgan fingerprint density at radius 2 is 1.30 bits per heavy atom. The van der Waals surface area contributed by atoms with Gasteiger partial charge in [-0.15, -0.1) is 0 Å². The van der Waals surface area contributed by atoms with Crippen LogP contribution in [0.1, 0.15) is 64.9 Å². The normalized spacial score (nSPS) is 12.6. The molecule has 0 saturated heterocycles. The molecule has 0 nitrogen and oxygen atoms in total. The van der Waals surface area contributed by atoms with Crippen molar-refractivity contribution in [2.24, 2.45) is 0 Å². The van der Waals surface area contributed by atoms with Gasteiger partial charge in [0, 0.05) is 0 Å². The van der Waals surface area contributed by atoms with Crippen LogP contribution in [0.15, 0.2) is 24.3 Å². The quantitative estimate of drug-likeness (QED) is 0.356. The van der Waals surface area contributed by atoms with Crippen LogP contribution in [0.3, 0.4) is 0 Å². The Balaban J connectivity index is 3.23. The van der Waals surface area contributed by atoms with E-state index in [9.17, 15) is 13.2 Å². The molecule has 0 N–H and O–H groups in total. The second kappa shape index (κ2) is 9.95. The first-order valence-corrected chi connectivity index (χ1v) is 16.6. The van der Waals surface area contributed by atoms with Gasteiger partial charge in [-0.05, 0) is 0 Å². The molecular formula is C19H31F3Sn. The molecule has 0 atom stereocenters. The fourth-order valence-corrected chi connectivity index (χ4v) is 19.4. The second-order valence-corrected chi connectivity index (χ2v) is 19.9. The number of hydrogen-bond donors (Lipinski definition) is 0. The summed E-state index contributed by atoms with van der Waals surface area (Å²) < 4.78 is 44.1. The van der Waals surface area contributed by atoms with Crippen LogP contribution in [0.4, 0.5) is 13.2 Å². The minimum atomic E-state index is -4.23. The van der Waals surface area contributed by atoms with Crippen LogP contribution < -0.4 is 3.58 Å². The summed E-state index contributed by atoms with van der Waals surface area (Å²) in [4.78, 5) is 0. The van der Waals surface area contributed by atoms with Crippen molar-refractivity contribution in [2.75, 3.05) is 0 Å². The van der Waals surface area contributed by atoms with E-state index < -0.39 is 30.1 Å². The molecule has 23 heavy (non-hydrogen) atoms. The van der Waals surface area contributed by atoms with Crippen molar-refractivity contribution in [2.45, 2.75) is 78.8 Å². The van der Waals surface area contributed by atoms with Gasteiger partial charge in [-0.3, -0.25) is 0 Å². The molecule has 4 heteroatoms. The molecule has 1 aromatic carbocycles. The van der Waals surface area contributed by atoms with Crippen molar-refractivity contribution >= 4 is 22.0 Å². The number of hydrogen-bond acceptors (Lipinski definition) is 0. The van der Waals surface area contributed by atoms with E-state index in [1.54, 1.807) is 6.07 Å². The van der Waals surface area contributed by atoms with Gasteiger partial charge in [-0.2, -0.15) is 0 Å². The molecule has 1 aromatic rings. The summed E-state index contributed by atoms with van der Waals surface area (Å²) in [5.74, 6) is 0. The number of rotatable bonds is 10. The number of unbranched alkanes of at least 4 members (excludes halogenated alkanes) is 3. The molecule has 0 amide bonds. The molecule has 132 valence electrons. The molecule has 0 bridgehead atoms. The Hall–Kier alpha value is -0.191. The summed E-state index contributed by atoms with van der Waals surface area (Å²) in [5.41, 5.74) is -0.458. The van der Waals surface area contributed by atoms with Crippen LogP contribution in [0.5, 0.6) is 0 Å². The van der Waals surface area contributed by atoms with E-state index in [4.69, 9.17) is 0 Å². The van der Waals surface area contributed by atoms with Crippen molar-refractivity contribution < 1.29 is 13.2 Å². The molecule has 0 aliphatic carbocycles. The fraction of sp³-hybridized carbons (Fsp3) is 0.684. The van der Waals surface area contributed by atoms with Gasteiger partial charge in [-0.25, -0.2) is 0 Å². The van der Waals surface area contributed by atoms with Crippen LogP contribution in [0.25, 0.3) is 0 Å². The molecule has 0 unspecified atom stereocenters. The van der Waals surface area contributed by atoms with Crippen molar-refractivity contribution in [3.63, 3.8) is 0 Å². The Bertz CT molecular complexity index is 432. The van der Waals surface area contributed by atoms with E-state index in [1.165, 1.54) is 44.7 Å². The predicted octanol–water partition coefficient (Wildman–Crippen LogP) is 6.76. The van der Waals surface area contributed by atoms with Crippen molar-refractivity contribution in [3.8, 4) is 0 Å². The zero-order chi connectivity index (χ0) is 17.3. The molecule has 0 aliphatic rings. The third-order valence-corrected chi connectivity index (χ3v) is 20.4. The third-order valence-electron chi connectivity index (χ3n) is 4.83. The predicted molar refractivity (Wildman–Crippen MR) is 96.0 cm³/mol. The van der Waals surface area contributed by atoms with E-state index in [0.717, 1.165) is 22.8 Å². The average Bonchev–Trinajstić information content (AvgIpc) is 2.54. The number of benzene rings is 1. The van der Waals surface area contributed by atoms with Crippen molar-refractivity contribution in [1.29, 1.82) is 0 Å². The molecule has 0 aromatic heterocycles. The van der Waals surface area contributed by atoms with Crippen LogP contribution in [0.2, 0.25) is 13.3 Å². The van der Waals surface area contributed by atoms with Crippen LogP contribution in [0, 0.1) is 0 Å². The topological polar surface area (TPSA) is 0 Å². The van der Waals surface area contributed by atoms with Gasteiger partial charge in [0.15, 0.2) is 0 Å². The standard InChI is InChI=1S/C7H4F3.3C4H9.Sn/c8-7(9,10)6-4-2-1-3-5-6;3*1-3-4-2;/h1-2,4-5H;3*1,3-4H2,2H3;.